The van der Waals surface area contributed by atoms with Crippen LogP contribution in [0.15, 0.2) is 16.4 Å². The molecule has 0 saturated heterocycles. The summed E-state index contributed by atoms with van der Waals surface area (Å²) in [5.41, 5.74) is 0. The molecule has 0 unspecified atom stereocenters. The lowest BCUT2D eigenvalue weighted by molar-refractivity contribution is -0.136. The molecule has 2 nitrogen and oxygen atoms in total. The Labute approximate surface area is 70.3 Å². The summed E-state index contributed by atoms with van der Waals surface area (Å²) in [5, 5.41) is 1.47. The van der Waals surface area contributed by atoms with Crippen molar-refractivity contribution in [3.63, 3.8) is 0 Å². The van der Waals surface area contributed by atoms with E-state index in [9.17, 15) is 18.0 Å². The molecule has 1 aromatic rings. The van der Waals surface area contributed by atoms with E-state index in [0.717, 1.165) is 15.9 Å². The first-order valence-corrected chi connectivity index (χ1v) is 4.08. The van der Waals surface area contributed by atoms with Gasteiger partial charge in [0.05, 0.1) is 6.42 Å². The number of hydrogen-bond acceptors (Lipinski definition) is 2. The fourth-order valence-corrected chi connectivity index (χ4v) is 1.32. The van der Waals surface area contributed by atoms with Crippen LogP contribution in [0.25, 0.3) is 0 Å². The fourth-order valence-electron chi connectivity index (χ4n) is 0.704. The van der Waals surface area contributed by atoms with Gasteiger partial charge in [-0.05, 0) is 0 Å². The molecule has 0 aliphatic rings. The summed E-state index contributed by atoms with van der Waals surface area (Å²) in [6.45, 7) is -0.286. The zero-order valence-electron chi connectivity index (χ0n) is 5.97. The summed E-state index contributed by atoms with van der Waals surface area (Å²) < 4.78 is 36.1. The van der Waals surface area contributed by atoms with Crippen molar-refractivity contribution in [1.29, 1.82) is 0 Å². The fraction of sp³-hybridized carbons (Fsp3) is 0.500. The zero-order chi connectivity index (χ0) is 9.19. The van der Waals surface area contributed by atoms with Gasteiger partial charge in [0.2, 0.25) is 0 Å². The summed E-state index contributed by atoms with van der Waals surface area (Å²) in [5.74, 6) is 0. The van der Waals surface area contributed by atoms with Crippen LogP contribution in [-0.2, 0) is 6.54 Å². The van der Waals surface area contributed by atoms with Crippen LogP contribution in [0.3, 0.4) is 0 Å². The van der Waals surface area contributed by atoms with Crippen molar-refractivity contribution < 1.29 is 13.2 Å². The molecule has 12 heavy (non-hydrogen) atoms. The van der Waals surface area contributed by atoms with Crippen molar-refractivity contribution in [2.24, 2.45) is 0 Å². The van der Waals surface area contributed by atoms with Gasteiger partial charge in [0, 0.05) is 18.1 Å². The molecule has 0 spiro atoms. The minimum atomic E-state index is -4.19. The summed E-state index contributed by atoms with van der Waals surface area (Å²) in [6.07, 6.45) is -3.79. The standard InChI is InChI=1S/C6H6F3NOS/c7-6(8,9)1-2-10-3-4-12-5(10)11/h3-4H,1-2H2. The molecule has 1 heterocycles. The number of alkyl halides is 3. The minimum Gasteiger partial charge on any atom is -0.306 e. The van der Waals surface area contributed by atoms with Crippen LogP contribution in [0.4, 0.5) is 13.2 Å². The topological polar surface area (TPSA) is 22.0 Å². The van der Waals surface area contributed by atoms with Crippen LogP contribution in [0.2, 0.25) is 0 Å². The van der Waals surface area contributed by atoms with E-state index in [-0.39, 0.29) is 11.4 Å². The first kappa shape index (κ1) is 9.31. The van der Waals surface area contributed by atoms with Gasteiger partial charge in [-0.2, -0.15) is 13.2 Å². The zero-order valence-corrected chi connectivity index (χ0v) is 6.78. The summed E-state index contributed by atoms with van der Waals surface area (Å²) in [7, 11) is 0. The van der Waals surface area contributed by atoms with Gasteiger partial charge in [-0.1, -0.05) is 11.3 Å². The first-order chi connectivity index (χ1) is 5.49. The Morgan fingerprint density at radius 3 is 2.58 bits per heavy atom. The molecule has 6 heteroatoms. The van der Waals surface area contributed by atoms with Crippen molar-refractivity contribution in [2.75, 3.05) is 0 Å². The molecular weight excluding hydrogens is 191 g/mol. The number of rotatable bonds is 2. The average molecular weight is 197 g/mol. The summed E-state index contributed by atoms with van der Waals surface area (Å²) in [4.78, 5) is 10.4. The number of hydrogen-bond donors (Lipinski definition) is 0. The maximum Gasteiger partial charge on any atom is 0.390 e. The van der Waals surface area contributed by atoms with Gasteiger partial charge in [-0.15, -0.1) is 0 Å². The maximum atomic E-state index is 11.7. The van der Waals surface area contributed by atoms with Gasteiger partial charge >= 0.3 is 11.0 Å². The van der Waals surface area contributed by atoms with Crippen molar-refractivity contribution in [3.05, 3.63) is 21.2 Å². The van der Waals surface area contributed by atoms with Crippen LogP contribution >= 0.6 is 11.3 Å². The van der Waals surface area contributed by atoms with Gasteiger partial charge in [0.25, 0.3) is 0 Å². The second kappa shape index (κ2) is 3.30. The number of nitrogens with zero attached hydrogens (tertiary/aromatic N) is 1. The van der Waals surface area contributed by atoms with E-state index in [2.05, 4.69) is 0 Å². The van der Waals surface area contributed by atoms with Gasteiger partial charge in [0.15, 0.2) is 0 Å². The second-order valence-electron chi connectivity index (χ2n) is 2.23. The molecule has 0 N–H and O–H groups in total. The van der Waals surface area contributed by atoms with E-state index in [1.807, 2.05) is 0 Å². The second-order valence-corrected chi connectivity index (χ2v) is 3.08. The molecule has 0 bridgehead atoms. The van der Waals surface area contributed by atoms with Crippen molar-refractivity contribution in [2.45, 2.75) is 19.1 Å². The van der Waals surface area contributed by atoms with Crippen LogP contribution in [0, 0.1) is 0 Å². The van der Waals surface area contributed by atoms with E-state index in [0.29, 0.717) is 0 Å². The molecule has 0 aromatic carbocycles. The van der Waals surface area contributed by atoms with Gasteiger partial charge in [0.1, 0.15) is 0 Å². The highest BCUT2D eigenvalue weighted by Crippen LogP contribution is 2.19. The third kappa shape index (κ3) is 2.69. The average Bonchev–Trinajstić information content (AvgIpc) is 2.29. The lowest BCUT2D eigenvalue weighted by atomic mass is 10.4. The quantitative estimate of drug-likeness (QED) is 0.709. The predicted octanol–water partition coefficient (Wildman–Crippen LogP) is 1.86. The van der Waals surface area contributed by atoms with Crippen molar-refractivity contribution >= 4 is 11.3 Å². The normalized spacial score (nSPS) is 11.9. The molecule has 68 valence electrons. The van der Waals surface area contributed by atoms with E-state index in [1.54, 1.807) is 0 Å². The molecule has 0 aliphatic heterocycles. The Morgan fingerprint density at radius 2 is 2.17 bits per heavy atom. The van der Waals surface area contributed by atoms with Crippen molar-refractivity contribution in [3.8, 4) is 0 Å². The van der Waals surface area contributed by atoms with Crippen LogP contribution in [-0.4, -0.2) is 10.7 Å². The smallest absolute Gasteiger partial charge is 0.306 e. The molecule has 1 aromatic heterocycles. The highest BCUT2D eigenvalue weighted by molar-refractivity contribution is 7.07. The molecule has 0 saturated carbocycles. The van der Waals surface area contributed by atoms with Crippen LogP contribution in [0.5, 0.6) is 0 Å². The first-order valence-electron chi connectivity index (χ1n) is 3.20. The van der Waals surface area contributed by atoms with Crippen LogP contribution in [0.1, 0.15) is 6.42 Å². The molecule has 0 amide bonds. The molecule has 0 radical (unpaired) electrons. The number of aryl methyl sites for hydroxylation is 1. The maximum absolute atomic E-state index is 11.7. The molecule has 1 rings (SSSR count). The third-order valence-electron chi connectivity index (χ3n) is 1.28. The summed E-state index contributed by atoms with van der Waals surface area (Å²) in [6, 6.07) is 0. The SMILES string of the molecule is O=c1sccn1CCC(F)(F)F. The van der Waals surface area contributed by atoms with Gasteiger partial charge in [-0.3, -0.25) is 4.79 Å². The van der Waals surface area contributed by atoms with Gasteiger partial charge < -0.3 is 4.57 Å². The van der Waals surface area contributed by atoms with Crippen LogP contribution < -0.4 is 4.87 Å². The van der Waals surface area contributed by atoms with E-state index >= 15 is 0 Å². The molecular formula is C6H6F3NOS. The Kier molecular flexibility index (Phi) is 2.56. The summed E-state index contributed by atoms with van der Waals surface area (Å²) >= 11 is 0.895. The van der Waals surface area contributed by atoms with E-state index < -0.39 is 12.6 Å². The van der Waals surface area contributed by atoms with Gasteiger partial charge in [-0.25, -0.2) is 0 Å². The lowest BCUT2D eigenvalue weighted by Crippen LogP contribution is -2.17. The third-order valence-corrected chi connectivity index (χ3v) is 1.97. The highest BCUT2D eigenvalue weighted by Gasteiger charge is 2.26. The number of halogens is 3. The molecule has 0 fully saturated rings. The van der Waals surface area contributed by atoms with Crippen molar-refractivity contribution in [1.82, 2.24) is 4.57 Å². The Balaban J connectivity index is 2.55. The Bertz CT molecular complexity index is 300. The predicted molar refractivity (Wildman–Crippen MR) is 39.3 cm³/mol. The lowest BCUT2D eigenvalue weighted by Gasteiger charge is -2.05. The monoisotopic (exact) mass is 197 g/mol. The van der Waals surface area contributed by atoms with E-state index in [4.69, 9.17) is 0 Å². The highest BCUT2D eigenvalue weighted by atomic mass is 32.1. The Morgan fingerprint density at radius 1 is 1.50 bits per heavy atom. The minimum absolute atomic E-state index is 0.286. The van der Waals surface area contributed by atoms with E-state index in [1.165, 1.54) is 11.6 Å². The molecule has 0 aliphatic carbocycles. The Hall–Kier alpha value is -0.780. The largest absolute Gasteiger partial charge is 0.390 e. The number of aromatic nitrogens is 1. The molecule has 0 atom stereocenters. The number of thiazole rings is 1.